The number of halogens is 1. The number of carbonyl (C=O) groups excluding carboxylic acids is 2. The number of rotatable bonds is 3. The molecule has 2 aromatic rings. The van der Waals surface area contributed by atoms with Crippen LogP contribution in [-0.4, -0.2) is 60.0 Å². The summed E-state index contributed by atoms with van der Waals surface area (Å²) in [6.45, 7) is 1.29. The van der Waals surface area contributed by atoms with Crippen LogP contribution in [0.4, 0.5) is 4.39 Å². The molecule has 0 unspecified atom stereocenters. The van der Waals surface area contributed by atoms with Crippen molar-refractivity contribution in [2.24, 2.45) is 0 Å². The summed E-state index contributed by atoms with van der Waals surface area (Å²) in [4.78, 5) is 28.3. The molecule has 1 heterocycles. The van der Waals surface area contributed by atoms with E-state index in [9.17, 15) is 19.1 Å². The number of piperazine rings is 1. The molecule has 0 saturated carbocycles. The van der Waals surface area contributed by atoms with Gasteiger partial charge in [0, 0.05) is 26.2 Å². The fraction of sp³-hybridized carbons (Fsp3) is 0.263. The highest BCUT2D eigenvalue weighted by molar-refractivity contribution is 5.98. The smallest absolute Gasteiger partial charge is 0.257 e. The first-order valence-corrected chi connectivity index (χ1v) is 8.21. The van der Waals surface area contributed by atoms with Gasteiger partial charge in [-0.1, -0.05) is 12.1 Å². The minimum atomic E-state index is -0.512. The van der Waals surface area contributed by atoms with Crippen molar-refractivity contribution in [3.63, 3.8) is 0 Å². The molecule has 0 aliphatic carbocycles. The minimum Gasteiger partial charge on any atom is -0.507 e. The first-order valence-electron chi connectivity index (χ1n) is 8.21. The lowest BCUT2D eigenvalue weighted by molar-refractivity contribution is 0.0531. The summed E-state index contributed by atoms with van der Waals surface area (Å²) < 4.78 is 18.6. The number of amides is 2. The van der Waals surface area contributed by atoms with Crippen molar-refractivity contribution in [2.75, 3.05) is 33.3 Å². The maximum atomic E-state index is 13.5. The topological polar surface area (TPSA) is 70.1 Å². The predicted octanol–water partition coefficient (Wildman–Crippen LogP) is 2.14. The van der Waals surface area contributed by atoms with Gasteiger partial charge in [0.15, 0.2) is 0 Å². The Kier molecular flexibility index (Phi) is 5.06. The first-order chi connectivity index (χ1) is 12.5. The largest absolute Gasteiger partial charge is 0.507 e. The molecule has 0 bridgehead atoms. The van der Waals surface area contributed by atoms with Crippen molar-refractivity contribution >= 4 is 11.8 Å². The molecule has 1 N–H and O–H groups in total. The lowest BCUT2D eigenvalue weighted by Crippen LogP contribution is -2.50. The molecule has 2 amide bonds. The monoisotopic (exact) mass is 358 g/mol. The first kappa shape index (κ1) is 17.7. The van der Waals surface area contributed by atoms with Gasteiger partial charge in [-0.25, -0.2) is 4.39 Å². The van der Waals surface area contributed by atoms with Crippen molar-refractivity contribution < 1.29 is 23.8 Å². The lowest BCUT2D eigenvalue weighted by atomic mass is 10.1. The Morgan fingerprint density at radius 3 is 2.12 bits per heavy atom. The Morgan fingerprint density at radius 1 is 0.962 bits per heavy atom. The molecule has 0 spiro atoms. The normalized spacial score (nSPS) is 14.2. The number of phenols is 1. The zero-order chi connectivity index (χ0) is 18.7. The van der Waals surface area contributed by atoms with Gasteiger partial charge in [0.2, 0.25) is 0 Å². The summed E-state index contributed by atoms with van der Waals surface area (Å²) in [6.07, 6.45) is 0. The second-order valence-electron chi connectivity index (χ2n) is 5.95. The predicted molar refractivity (Wildman–Crippen MR) is 92.9 cm³/mol. The van der Waals surface area contributed by atoms with Crippen molar-refractivity contribution in [1.29, 1.82) is 0 Å². The molecule has 1 aliphatic heterocycles. The number of ether oxygens (including phenoxy) is 1. The van der Waals surface area contributed by atoms with Gasteiger partial charge in [0.05, 0.1) is 18.2 Å². The number of phenolic OH excluding ortho intramolecular Hbond substituents is 1. The van der Waals surface area contributed by atoms with Crippen LogP contribution in [0.5, 0.6) is 11.5 Å². The lowest BCUT2D eigenvalue weighted by Gasteiger charge is -2.35. The Hall–Kier alpha value is -3.09. The molecule has 1 aliphatic rings. The summed E-state index contributed by atoms with van der Waals surface area (Å²) in [5.41, 5.74) is 0.395. The Balaban J connectivity index is 1.69. The average molecular weight is 358 g/mol. The van der Waals surface area contributed by atoms with Crippen LogP contribution in [0.1, 0.15) is 20.7 Å². The van der Waals surface area contributed by atoms with Crippen molar-refractivity contribution in [1.82, 2.24) is 9.80 Å². The van der Waals surface area contributed by atoms with E-state index in [0.29, 0.717) is 31.9 Å². The fourth-order valence-corrected chi connectivity index (χ4v) is 2.96. The fourth-order valence-electron chi connectivity index (χ4n) is 2.96. The zero-order valence-electron chi connectivity index (χ0n) is 14.3. The Morgan fingerprint density at radius 2 is 1.54 bits per heavy atom. The molecule has 3 rings (SSSR count). The molecule has 26 heavy (non-hydrogen) atoms. The number of hydrogen-bond donors (Lipinski definition) is 1. The molecule has 0 atom stereocenters. The van der Waals surface area contributed by atoms with Crippen LogP contribution in [0, 0.1) is 5.82 Å². The van der Waals surface area contributed by atoms with E-state index in [2.05, 4.69) is 0 Å². The molecule has 1 saturated heterocycles. The van der Waals surface area contributed by atoms with E-state index in [0.717, 1.165) is 6.07 Å². The summed E-state index contributed by atoms with van der Waals surface area (Å²) in [7, 11) is 1.42. The molecule has 0 radical (unpaired) electrons. The highest BCUT2D eigenvalue weighted by Gasteiger charge is 2.28. The van der Waals surface area contributed by atoms with E-state index in [1.807, 2.05) is 0 Å². The standard InChI is InChI=1S/C19H19FN2O4/c1-26-17-7-6-13(20)12-15(17)19(25)22-10-8-21(9-11-22)18(24)14-4-2-3-5-16(14)23/h2-7,12,23H,8-11H2,1H3. The molecule has 2 aromatic carbocycles. The maximum Gasteiger partial charge on any atom is 0.257 e. The number of benzene rings is 2. The van der Waals surface area contributed by atoms with E-state index < -0.39 is 5.82 Å². The molecular weight excluding hydrogens is 339 g/mol. The highest BCUT2D eigenvalue weighted by atomic mass is 19.1. The van der Waals surface area contributed by atoms with Gasteiger partial charge < -0.3 is 19.6 Å². The number of hydrogen-bond acceptors (Lipinski definition) is 4. The van der Waals surface area contributed by atoms with Gasteiger partial charge in [-0.2, -0.15) is 0 Å². The number of para-hydroxylation sites is 1. The highest BCUT2D eigenvalue weighted by Crippen LogP contribution is 2.23. The second kappa shape index (κ2) is 7.43. The van der Waals surface area contributed by atoms with Crippen molar-refractivity contribution in [3.05, 3.63) is 59.4 Å². The summed E-state index contributed by atoms with van der Waals surface area (Å²) >= 11 is 0. The third-order valence-corrected chi connectivity index (χ3v) is 4.38. The van der Waals surface area contributed by atoms with Crippen LogP contribution in [0.2, 0.25) is 0 Å². The van der Waals surface area contributed by atoms with Crippen LogP contribution >= 0.6 is 0 Å². The second-order valence-corrected chi connectivity index (χ2v) is 5.95. The van der Waals surface area contributed by atoms with Gasteiger partial charge >= 0.3 is 0 Å². The number of carbonyl (C=O) groups is 2. The number of aromatic hydroxyl groups is 1. The molecule has 7 heteroatoms. The van der Waals surface area contributed by atoms with Crippen molar-refractivity contribution in [3.8, 4) is 11.5 Å². The van der Waals surface area contributed by atoms with Crippen molar-refractivity contribution in [2.45, 2.75) is 0 Å². The van der Waals surface area contributed by atoms with Crippen LogP contribution in [0.3, 0.4) is 0 Å². The van der Waals surface area contributed by atoms with E-state index >= 15 is 0 Å². The summed E-state index contributed by atoms with van der Waals surface area (Å²) in [6, 6.07) is 10.2. The van der Waals surface area contributed by atoms with Crippen LogP contribution < -0.4 is 4.74 Å². The SMILES string of the molecule is COc1ccc(F)cc1C(=O)N1CCN(C(=O)c2ccccc2O)CC1. The third kappa shape index (κ3) is 3.46. The molecule has 1 fully saturated rings. The molecular formula is C19H19FN2O4. The van der Waals surface area contributed by atoms with Crippen LogP contribution in [0.25, 0.3) is 0 Å². The molecule has 0 aromatic heterocycles. The van der Waals surface area contributed by atoms with Gasteiger partial charge in [0.1, 0.15) is 17.3 Å². The minimum absolute atomic E-state index is 0.0690. The molecule has 6 nitrogen and oxygen atoms in total. The average Bonchev–Trinajstić information content (AvgIpc) is 2.67. The number of nitrogens with zero attached hydrogens (tertiary/aromatic N) is 2. The molecule has 136 valence electrons. The van der Waals surface area contributed by atoms with Gasteiger partial charge in [-0.05, 0) is 30.3 Å². The van der Waals surface area contributed by atoms with Gasteiger partial charge in [-0.15, -0.1) is 0 Å². The Labute approximate surface area is 150 Å². The maximum absolute atomic E-state index is 13.5. The van der Waals surface area contributed by atoms with Crippen LogP contribution in [0.15, 0.2) is 42.5 Å². The summed E-state index contributed by atoms with van der Waals surface area (Å²) in [5, 5.41) is 9.82. The van der Waals surface area contributed by atoms with Crippen LogP contribution in [-0.2, 0) is 0 Å². The van der Waals surface area contributed by atoms with Gasteiger partial charge in [0.25, 0.3) is 11.8 Å². The third-order valence-electron chi connectivity index (χ3n) is 4.38. The summed E-state index contributed by atoms with van der Waals surface area (Å²) in [5.74, 6) is -0.887. The van der Waals surface area contributed by atoms with E-state index in [-0.39, 0.29) is 28.7 Å². The Bertz CT molecular complexity index is 832. The van der Waals surface area contributed by atoms with E-state index in [1.54, 1.807) is 28.0 Å². The quantitative estimate of drug-likeness (QED) is 0.913. The van der Waals surface area contributed by atoms with E-state index in [4.69, 9.17) is 4.74 Å². The zero-order valence-corrected chi connectivity index (χ0v) is 14.3. The van der Waals surface area contributed by atoms with Gasteiger partial charge in [-0.3, -0.25) is 9.59 Å². The van der Waals surface area contributed by atoms with E-state index in [1.165, 1.54) is 25.3 Å². The number of methoxy groups -OCH3 is 1.